The Hall–Kier alpha value is -2.94. The third kappa shape index (κ3) is 3.50. The third-order valence-corrected chi connectivity index (χ3v) is 4.74. The zero-order valence-corrected chi connectivity index (χ0v) is 16.2. The lowest BCUT2D eigenvalue weighted by molar-refractivity contribution is -0.121. The van der Waals surface area contributed by atoms with Crippen LogP contribution in [0.3, 0.4) is 0 Å². The number of para-hydroxylation sites is 2. The molecule has 2 aromatic carbocycles. The van der Waals surface area contributed by atoms with Crippen molar-refractivity contribution in [3.05, 3.63) is 80.4 Å². The van der Waals surface area contributed by atoms with E-state index in [1.165, 1.54) is 6.21 Å². The predicted octanol–water partition coefficient (Wildman–Crippen LogP) is 3.50. The van der Waals surface area contributed by atoms with E-state index in [1.54, 1.807) is 18.2 Å². The molecule has 27 heavy (non-hydrogen) atoms. The Labute approximate surface area is 167 Å². The number of nitrogens with zero attached hydrogens (tertiary/aromatic N) is 2. The molecule has 1 amide bonds. The fourth-order valence-corrected chi connectivity index (χ4v) is 3.43. The number of benzene rings is 2. The number of rotatable bonds is 4. The first-order valence-electron chi connectivity index (χ1n) is 8.21. The first kappa shape index (κ1) is 17.5. The molecule has 0 aliphatic carbocycles. The van der Waals surface area contributed by atoms with Crippen LogP contribution in [0, 0.1) is 3.77 Å². The molecule has 0 radical (unpaired) electrons. The number of fused-ring (bicyclic) bond motifs is 2. The normalized spacial score (nSPS) is 11.4. The molecular formula is C20H14IN3O3. The van der Waals surface area contributed by atoms with Gasteiger partial charge in [-0.3, -0.25) is 9.59 Å². The van der Waals surface area contributed by atoms with Crippen LogP contribution in [0.4, 0.5) is 0 Å². The van der Waals surface area contributed by atoms with E-state index in [1.807, 2.05) is 47.0 Å². The van der Waals surface area contributed by atoms with Gasteiger partial charge in [-0.2, -0.15) is 5.10 Å². The van der Waals surface area contributed by atoms with E-state index in [2.05, 4.69) is 33.1 Å². The summed E-state index contributed by atoms with van der Waals surface area (Å²) in [6.07, 6.45) is 1.45. The zero-order chi connectivity index (χ0) is 18.8. The highest BCUT2D eigenvalue weighted by Crippen LogP contribution is 2.18. The van der Waals surface area contributed by atoms with Gasteiger partial charge in [0.25, 0.3) is 5.91 Å². The molecule has 2 aromatic heterocycles. The van der Waals surface area contributed by atoms with Crippen LogP contribution in [0.2, 0.25) is 0 Å². The quantitative estimate of drug-likeness (QED) is 0.214. The van der Waals surface area contributed by atoms with Crippen molar-refractivity contribution in [2.24, 2.45) is 5.10 Å². The fourth-order valence-electron chi connectivity index (χ4n) is 2.99. The summed E-state index contributed by atoms with van der Waals surface area (Å²) in [4.78, 5) is 25.1. The lowest BCUT2D eigenvalue weighted by Gasteiger charge is -2.14. The summed E-state index contributed by atoms with van der Waals surface area (Å²) in [5, 5.41) is 5.09. The highest BCUT2D eigenvalue weighted by Gasteiger charge is 2.12. The number of nitrogens with one attached hydrogen (secondary N) is 1. The molecule has 134 valence electrons. The molecule has 4 aromatic rings. The highest BCUT2D eigenvalue weighted by molar-refractivity contribution is 14.1. The Morgan fingerprint density at radius 1 is 1.04 bits per heavy atom. The molecular weight excluding hydrogens is 457 g/mol. The van der Waals surface area contributed by atoms with Crippen LogP contribution in [0.1, 0.15) is 5.76 Å². The molecule has 0 spiro atoms. The highest BCUT2D eigenvalue weighted by atomic mass is 127. The molecule has 0 saturated carbocycles. The van der Waals surface area contributed by atoms with Crippen LogP contribution in [0.25, 0.3) is 21.8 Å². The second kappa shape index (κ2) is 7.36. The largest absolute Gasteiger partial charge is 0.449 e. The van der Waals surface area contributed by atoms with Crippen molar-refractivity contribution in [2.45, 2.75) is 6.54 Å². The van der Waals surface area contributed by atoms with Gasteiger partial charge in [-0.1, -0.05) is 24.3 Å². The summed E-state index contributed by atoms with van der Waals surface area (Å²) in [7, 11) is 0. The Kier molecular flexibility index (Phi) is 4.76. The van der Waals surface area contributed by atoms with Gasteiger partial charge < -0.3 is 8.98 Å². The predicted molar refractivity (Wildman–Crippen MR) is 113 cm³/mol. The van der Waals surface area contributed by atoms with E-state index < -0.39 is 0 Å². The maximum atomic E-state index is 12.7. The van der Waals surface area contributed by atoms with Crippen molar-refractivity contribution in [2.75, 3.05) is 0 Å². The summed E-state index contributed by atoms with van der Waals surface area (Å²) >= 11 is 2.05. The van der Waals surface area contributed by atoms with Gasteiger partial charge in [0.1, 0.15) is 12.3 Å². The number of hydrazone groups is 1. The van der Waals surface area contributed by atoms with Gasteiger partial charge in [0.05, 0.1) is 17.2 Å². The number of pyridine rings is 1. The van der Waals surface area contributed by atoms with Crippen molar-refractivity contribution in [1.29, 1.82) is 0 Å². The number of halogens is 1. The standard InChI is InChI=1S/C20H14IN3O3/c21-18-10-9-13(27-18)11-22-23-19(25)12-24-16-7-3-1-5-14(16)20(26)15-6-2-4-8-17(15)24/h1-11H,12H2,(H,23,25). The summed E-state index contributed by atoms with van der Waals surface area (Å²) < 4.78 is 7.93. The molecule has 0 unspecified atom stereocenters. The number of furan rings is 1. The van der Waals surface area contributed by atoms with Crippen LogP contribution in [0.5, 0.6) is 0 Å². The number of carbonyl (C=O) groups excluding carboxylic acids is 1. The Morgan fingerprint density at radius 2 is 1.67 bits per heavy atom. The first-order valence-corrected chi connectivity index (χ1v) is 9.29. The maximum absolute atomic E-state index is 12.7. The van der Waals surface area contributed by atoms with Gasteiger partial charge in [0.2, 0.25) is 0 Å². The lowest BCUT2D eigenvalue weighted by atomic mass is 10.1. The van der Waals surface area contributed by atoms with Crippen LogP contribution in [-0.4, -0.2) is 16.7 Å². The maximum Gasteiger partial charge on any atom is 0.260 e. The van der Waals surface area contributed by atoms with Gasteiger partial charge in [-0.05, 0) is 59.0 Å². The van der Waals surface area contributed by atoms with Crippen molar-refractivity contribution >= 4 is 56.5 Å². The molecule has 0 atom stereocenters. The Morgan fingerprint density at radius 3 is 2.26 bits per heavy atom. The van der Waals surface area contributed by atoms with Crippen molar-refractivity contribution < 1.29 is 9.21 Å². The second-order valence-corrected chi connectivity index (χ2v) is 6.95. The van der Waals surface area contributed by atoms with Crippen LogP contribution >= 0.6 is 22.6 Å². The summed E-state index contributed by atoms with van der Waals surface area (Å²) in [5.74, 6) is 0.255. The van der Waals surface area contributed by atoms with E-state index in [9.17, 15) is 9.59 Å². The fraction of sp³-hybridized carbons (Fsp3) is 0.0500. The molecule has 0 aliphatic heterocycles. The van der Waals surface area contributed by atoms with Crippen LogP contribution < -0.4 is 10.9 Å². The second-order valence-electron chi connectivity index (χ2n) is 5.88. The third-order valence-electron chi connectivity index (χ3n) is 4.16. The molecule has 6 nitrogen and oxygen atoms in total. The van der Waals surface area contributed by atoms with Crippen molar-refractivity contribution in [1.82, 2.24) is 9.99 Å². The minimum Gasteiger partial charge on any atom is -0.449 e. The van der Waals surface area contributed by atoms with Gasteiger partial charge in [-0.15, -0.1) is 0 Å². The van der Waals surface area contributed by atoms with E-state index >= 15 is 0 Å². The molecule has 2 heterocycles. The molecule has 0 aliphatic rings. The summed E-state index contributed by atoms with van der Waals surface area (Å²) in [6.45, 7) is 0.0360. The zero-order valence-electron chi connectivity index (χ0n) is 14.1. The molecule has 0 bridgehead atoms. The monoisotopic (exact) mass is 471 g/mol. The summed E-state index contributed by atoms with van der Waals surface area (Å²) in [5.41, 5.74) is 3.88. The summed E-state index contributed by atoms with van der Waals surface area (Å²) in [6, 6.07) is 18.1. The molecule has 1 N–H and O–H groups in total. The number of hydrogen-bond acceptors (Lipinski definition) is 4. The smallest absolute Gasteiger partial charge is 0.260 e. The van der Waals surface area contributed by atoms with E-state index in [-0.39, 0.29) is 17.9 Å². The SMILES string of the molecule is O=C(Cn1c2ccccc2c(=O)c2ccccc21)NN=Cc1ccc(I)o1. The molecule has 0 saturated heterocycles. The van der Waals surface area contributed by atoms with E-state index in [0.29, 0.717) is 27.6 Å². The molecule has 7 heteroatoms. The van der Waals surface area contributed by atoms with E-state index in [4.69, 9.17) is 4.42 Å². The van der Waals surface area contributed by atoms with Gasteiger partial charge >= 0.3 is 0 Å². The van der Waals surface area contributed by atoms with E-state index in [0.717, 1.165) is 3.77 Å². The Bertz CT molecular complexity index is 1180. The lowest BCUT2D eigenvalue weighted by Crippen LogP contribution is -2.25. The molecule has 4 rings (SSSR count). The van der Waals surface area contributed by atoms with Crippen LogP contribution in [-0.2, 0) is 11.3 Å². The number of amides is 1. The van der Waals surface area contributed by atoms with Gasteiger partial charge in [-0.25, -0.2) is 5.43 Å². The first-order chi connectivity index (χ1) is 13.1. The number of carbonyl (C=O) groups is 1. The number of aromatic nitrogens is 1. The van der Waals surface area contributed by atoms with Gasteiger partial charge in [0, 0.05) is 10.8 Å². The average molecular weight is 471 g/mol. The topological polar surface area (TPSA) is 76.6 Å². The van der Waals surface area contributed by atoms with Crippen molar-refractivity contribution in [3.63, 3.8) is 0 Å². The average Bonchev–Trinajstić information content (AvgIpc) is 3.10. The molecule has 0 fully saturated rings. The van der Waals surface area contributed by atoms with Crippen molar-refractivity contribution in [3.8, 4) is 0 Å². The minimum atomic E-state index is -0.300. The Balaban J connectivity index is 1.68. The minimum absolute atomic E-state index is 0.0360. The van der Waals surface area contributed by atoms with Gasteiger partial charge in [0.15, 0.2) is 9.20 Å². The number of hydrogen-bond donors (Lipinski definition) is 1. The van der Waals surface area contributed by atoms with Crippen LogP contribution in [0.15, 0.2) is 75.0 Å².